The lowest BCUT2D eigenvalue weighted by Crippen LogP contribution is -2.37. The fourth-order valence-electron chi connectivity index (χ4n) is 3.29. The lowest BCUT2D eigenvalue weighted by atomic mass is 10.1. The van der Waals surface area contributed by atoms with Gasteiger partial charge in [0.2, 0.25) is 10.0 Å². The molecule has 1 atom stereocenters. The molecular weight excluding hydrogens is 360 g/mol. The molecule has 1 amide bonds. The van der Waals surface area contributed by atoms with Gasteiger partial charge in [0.25, 0.3) is 5.91 Å². The van der Waals surface area contributed by atoms with E-state index < -0.39 is 10.0 Å². The van der Waals surface area contributed by atoms with E-state index in [1.807, 2.05) is 42.2 Å². The van der Waals surface area contributed by atoms with Gasteiger partial charge in [0.1, 0.15) is 0 Å². The van der Waals surface area contributed by atoms with E-state index in [1.54, 1.807) is 24.3 Å². The van der Waals surface area contributed by atoms with Crippen LogP contribution in [0.1, 0.15) is 42.6 Å². The SMILES string of the molecule is CCC(C)N(Cc1ccccc1)C(=O)c1ccc(N2CCCS2(=O)=O)cc1. The van der Waals surface area contributed by atoms with Gasteiger partial charge in [-0.05, 0) is 49.6 Å². The minimum Gasteiger partial charge on any atom is -0.332 e. The molecule has 0 aromatic heterocycles. The molecule has 3 rings (SSSR count). The van der Waals surface area contributed by atoms with Crippen LogP contribution in [0.4, 0.5) is 5.69 Å². The van der Waals surface area contributed by atoms with Crippen molar-refractivity contribution in [1.82, 2.24) is 4.90 Å². The third-order valence-corrected chi connectivity index (χ3v) is 6.95. The minimum absolute atomic E-state index is 0.0379. The Labute approximate surface area is 161 Å². The Morgan fingerprint density at radius 3 is 2.33 bits per heavy atom. The van der Waals surface area contributed by atoms with Crippen LogP contribution in [0.2, 0.25) is 0 Å². The van der Waals surface area contributed by atoms with Gasteiger partial charge in [0.05, 0.1) is 11.4 Å². The molecule has 0 saturated carbocycles. The van der Waals surface area contributed by atoms with Gasteiger partial charge in [-0.2, -0.15) is 0 Å². The van der Waals surface area contributed by atoms with E-state index >= 15 is 0 Å². The molecule has 5 nitrogen and oxygen atoms in total. The van der Waals surface area contributed by atoms with Gasteiger partial charge in [-0.15, -0.1) is 0 Å². The van der Waals surface area contributed by atoms with Crippen LogP contribution in [0.5, 0.6) is 0 Å². The Morgan fingerprint density at radius 1 is 1.11 bits per heavy atom. The molecule has 0 bridgehead atoms. The quantitative estimate of drug-likeness (QED) is 0.761. The molecule has 144 valence electrons. The number of sulfonamides is 1. The summed E-state index contributed by atoms with van der Waals surface area (Å²) in [6.45, 7) is 5.17. The Bertz CT molecular complexity index is 879. The van der Waals surface area contributed by atoms with Gasteiger partial charge in [-0.25, -0.2) is 8.42 Å². The number of hydrogen-bond donors (Lipinski definition) is 0. The molecule has 0 spiro atoms. The second-order valence-electron chi connectivity index (χ2n) is 6.96. The summed E-state index contributed by atoms with van der Waals surface area (Å²) in [7, 11) is -3.21. The monoisotopic (exact) mass is 386 g/mol. The molecule has 0 N–H and O–H groups in total. The summed E-state index contributed by atoms with van der Waals surface area (Å²) in [5, 5.41) is 0. The van der Waals surface area contributed by atoms with Crippen molar-refractivity contribution in [3.05, 3.63) is 65.7 Å². The molecule has 0 radical (unpaired) electrons. The average molecular weight is 387 g/mol. The fraction of sp³-hybridized carbons (Fsp3) is 0.381. The molecule has 0 aliphatic carbocycles. The first-order chi connectivity index (χ1) is 12.9. The highest BCUT2D eigenvalue weighted by Crippen LogP contribution is 2.25. The van der Waals surface area contributed by atoms with E-state index in [0.717, 1.165) is 12.0 Å². The number of nitrogens with zero attached hydrogens (tertiary/aromatic N) is 2. The van der Waals surface area contributed by atoms with Gasteiger partial charge < -0.3 is 4.90 Å². The molecule has 27 heavy (non-hydrogen) atoms. The number of carbonyl (C=O) groups is 1. The Balaban J connectivity index is 1.81. The van der Waals surface area contributed by atoms with E-state index in [4.69, 9.17) is 0 Å². The van der Waals surface area contributed by atoms with Crippen LogP contribution in [0.3, 0.4) is 0 Å². The normalized spacial score (nSPS) is 16.9. The smallest absolute Gasteiger partial charge is 0.254 e. The van der Waals surface area contributed by atoms with Crippen LogP contribution in [0, 0.1) is 0 Å². The van der Waals surface area contributed by atoms with E-state index in [1.165, 1.54) is 4.31 Å². The Morgan fingerprint density at radius 2 is 1.78 bits per heavy atom. The van der Waals surface area contributed by atoms with Gasteiger partial charge in [-0.1, -0.05) is 37.3 Å². The van der Waals surface area contributed by atoms with E-state index in [9.17, 15) is 13.2 Å². The van der Waals surface area contributed by atoms with E-state index in [-0.39, 0.29) is 17.7 Å². The van der Waals surface area contributed by atoms with Crippen molar-refractivity contribution in [2.45, 2.75) is 39.3 Å². The number of amides is 1. The van der Waals surface area contributed by atoms with Crippen molar-refractivity contribution in [2.75, 3.05) is 16.6 Å². The van der Waals surface area contributed by atoms with Gasteiger partial charge in [-0.3, -0.25) is 9.10 Å². The van der Waals surface area contributed by atoms with Crippen LogP contribution in [0.25, 0.3) is 0 Å². The summed E-state index contributed by atoms with van der Waals surface area (Å²) in [4.78, 5) is 15.0. The molecule has 1 aliphatic rings. The lowest BCUT2D eigenvalue weighted by molar-refractivity contribution is 0.0671. The van der Waals surface area contributed by atoms with Gasteiger partial charge in [0.15, 0.2) is 0 Å². The van der Waals surface area contributed by atoms with Gasteiger partial charge >= 0.3 is 0 Å². The highest BCUT2D eigenvalue weighted by Gasteiger charge is 2.28. The molecule has 1 aliphatic heterocycles. The van der Waals surface area contributed by atoms with Crippen molar-refractivity contribution < 1.29 is 13.2 Å². The topological polar surface area (TPSA) is 57.7 Å². The molecule has 6 heteroatoms. The highest BCUT2D eigenvalue weighted by molar-refractivity contribution is 7.93. The third kappa shape index (κ3) is 4.33. The first-order valence-corrected chi connectivity index (χ1v) is 11.0. The lowest BCUT2D eigenvalue weighted by Gasteiger charge is -2.29. The van der Waals surface area contributed by atoms with E-state index in [0.29, 0.717) is 30.8 Å². The largest absolute Gasteiger partial charge is 0.332 e. The van der Waals surface area contributed by atoms with Crippen LogP contribution in [-0.4, -0.2) is 37.6 Å². The van der Waals surface area contributed by atoms with Crippen LogP contribution in [0.15, 0.2) is 54.6 Å². The number of anilines is 1. The zero-order valence-electron chi connectivity index (χ0n) is 15.8. The maximum Gasteiger partial charge on any atom is 0.254 e. The summed E-state index contributed by atoms with van der Waals surface area (Å²) in [5.74, 6) is 0.149. The number of rotatable bonds is 6. The zero-order chi connectivity index (χ0) is 19.4. The molecule has 2 aromatic carbocycles. The maximum absolute atomic E-state index is 13.1. The van der Waals surface area contributed by atoms with Crippen LogP contribution < -0.4 is 4.31 Å². The Kier molecular flexibility index (Phi) is 5.85. The summed E-state index contributed by atoms with van der Waals surface area (Å²) in [5.41, 5.74) is 2.29. The predicted molar refractivity (Wildman–Crippen MR) is 108 cm³/mol. The summed E-state index contributed by atoms with van der Waals surface area (Å²) in [6.07, 6.45) is 1.50. The van der Waals surface area contributed by atoms with Crippen LogP contribution in [-0.2, 0) is 16.6 Å². The highest BCUT2D eigenvalue weighted by atomic mass is 32.2. The van der Waals surface area contributed by atoms with Crippen molar-refractivity contribution in [2.24, 2.45) is 0 Å². The maximum atomic E-state index is 13.1. The third-order valence-electron chi connectivity index (χ3n) is 5.08. The van der Waals surface area contributed by atoms with Crippen molar-refractivity contribution in [3.63, 3.8) is 0 Å². The fourth-order valence-corrected chi connectivity index (χ4v) is 4.86. The second-order valence-corrected chi connectivity index (χ2v) is 8.98. The molecule has 1 saturated heterocycles. The predicted octanol–water partition coefficient (Wildman–Crippen LogP) is 3.67. The number of carbonyl (C=O) groups excluding carboxylic acids is 1. The molecule has 1 unspecified atom stereocenters. The minimum atomic E-state index is -3.21. The second kappa shape index (κ2) is 8.13. The van der Waals surface area contributed by atoms with Crippen LogP contribution >= 0.6 is 0 Å². The summed E-state index contributed by atoms with van der Waals surface area (Å²) >= 11 is 0. The number of hydrogen-bond acceptors (Lipinski definition) is 3. The first kappa shape index (κ1) is 19.4. The Hall–Kier alpha value is -2.34. The molecule has 1 fully saturated rings. The van der Waals surface area contributed by atoms with Crippen molar-refractivity contribution in [1.29, 1.82) is 0 Å². The first-order valence-electron chi connectivity index (χ1n) is 9.37. The zero-order valence-corrected chi connectivity index (χ0v) is 16.7. The molecular formula is C21H26N2O3S. The van der Waals surface area contributed by atoms with E-state index in [2.05, 4.69) is 6.92 Å². The summed E-state index contributed by atoms with van der Waals surface area (Å²) in [6, 6.07) is 17.0. The number of benzene rings is 2. The standard InChI is InChI=1S/C21H26N2O3S/c1-3-17(2)22(16-18-8-5-4-6-9-18)21(24)19-10-12-20(13-11-19)23-14-7-15-27(23,25)26/h4-6,8-13,17H,3,7,14-16H2,1-2H3. The average Bonchev–Trinajstić information content (AvgIpc) is 3.05. The molecule has 2 aromatic rings. The summed E-state index contributed by atoms with van der Waals surface area (Å²) < 4.78 is 25.6. The van der Waals surface area contributed by atoms with Gasteiger partial charge in [0, 0.05) is 24.7 Å². The van der Waals surface area contributed by atoms with Crippen molar-refractivity contribution >= 4 is 21.6 Å². The van der Waals surface area contributed by atoms with Crippen molar-refractivity contribution in [3.8, 4) is 0 Å². The molecule has 1 heterocycles.